The molecule has 0 saturated heterocycles. The Balaban J connectivity index is 5.30. The normalized spacial score (nSPS) is 15.6. The number of rotatable bonds is 21. The van der Waals surface area contributed by atoms with Crippen molar-refractivity contribution in [1.82, 2.24) is 0 Å². The van der Waals surface area contributed by atoms with Gasteiger partial charge in [0.05, 0.1) is 0 Å². The first kappa shape index (κ1) is 31.0. The minimum absolute atomic E-state index is 0.442. The molecule has 0 aromatic rings. The highest BCUT2D eigenvalue weighted by Gasteiger charge is 2.46. The average Bonchev–Trinajstić information content (AvgIpc) is 2.71. The molecule has 0 nitrogen and oxygen atoms in total. The predicted molar refractivity (Wildman–Crippen MR) is 145 cm³/mol. The molecule has 0 aliphatic heterocycles. The first-order valence-corrected chi connectivity index (χ1v) is 14.7. The third kappa shape index (κ3) is 12.1. The van der Waals surface area contributed by atoms with Crippen molar-refractivity contribution in [1.29, 1.82) is 0 Å². The summed E-state index contributed by atoms with van der Waals surface area (Å²) in [5.74, 6) is 2.56. The van der Waals surface area contributed by atoms with Crippen LogP contribution >= 0.6 is 0 Å². The van der Waals surface area contributed by atoms with Gasteiger partial charge in [-0.2, -0.15) is 0 Å². The summed E-state index contributed by atoms with van der Waals surface area (Å²) in [6.45, 7) is 22.3. The predicted octanol–water partition coefficient (Wildman–Crippen LogP) is 11.6. The topological polar surface area (TPSA) is 0 Å². The van der Waals surface area contributed by atoms with Crippen LogP contribution in [-0.2, 0) is 0 Å². The molecular weight excluding hydrogens is 372 g/mol. The highest BCUT2D eigenvalue weighted by Crippen LogP contribution is 2.55. The van der Waals surface area contributed by atoms with E-state index in [1.165, 1.54) is 109 Å². The summed E-state index contributed by atoms with van der Waals surface area (Å²) in [6, 6.07) is 0. The minimum atomic E-state index is 0.442. The summed E-state index contributed by atoms with van der Waals surface area (Å²) in [5, 5.41) is 0. The van der Waals surface area contributed by atoms with Gasteiger partial charge >= 0.3 is 0 Å². The van der Waals surface area contributed by atoms with Crippen LogP contribution < -0.4 is 0 Å². The fourth-order valence-corrected chi connectivity index (χ4v) is 6.42. The molecule has 0 rings (SSSR count). The summed E-state index contributed by atoms with van der Waals surface area (Å²) in [4.78, 5) is 0. The molecule has 0 saturated carbocycles. The molecule has 0 aromatic heterocycles. The highest BCUT2D eigenvalue weighted by molar-refractivity contribution is 4.96. The molecule has 0 radical (unpaired) electrons. The van der Waals surface area contributed by atoms with E-state index in [0.717, 1.165) is 17.8 Å². The molecule has 0 N–H and O–H groups in total. The summed E-state index contributed by atoms with van der Waals surface area (Å²) < 4.78 is 0. The maximum absolute atomic E-state index is 2.66. The summed E-state index contributed by atoms with van der Waals surface area (Å²) in [7, 11) is 0. The number of hydrogen-bond acceptors (Lipinski definition) is 0. The van der Waals surface area contributed by atoms with Crippen LogP contribution in [0.15, 0.2) is 0 Å². The molecule has 0 bridgehead atoms. The monoisotopic (exact) mass is 437 g/mol. The van der Waals surface area contributed by atoms with E-state index in [9.17, 15) is 0 Å². The molecular formula is C31H64. The Morgan fingerprint density at radius 2 is 1.10 bits per heavy atom. The Morgan fingerprint density at radius 3 is 1.58 bits per heavy atom. The molecule has 0 aliphatic rings. The molecule has 0 heteroatoms. The van der Waals surface area contributed by atoms with Crippen LogP contribution in [0, 0.1) is 28.6 Å². The maximum atomic E-state index is 2.66. The first-order chi connectivity index (χ1) is 14.7. The van der Waals surface area contributed by atoms with Gasteiger partial charge in [-0.1, -0.05) is 152 Å². The fraction of sp³-hybridized carbons (Fsp3) is 1.00. The van der Waals surface area contributed by atoms with Crippen LogP contribution in [0.4, 0.5) is 0 Å². The van der Waals surface area contributed by atoms with E-state index >= 15 is 0 Å². The molecule has 0 fully saturated rings. The van der Waals surface area contributed by atoms with Gasteiger partial charge in [-0.05, 0) is 47.8 Å². The second kappa shape index (κ2) is 17.5. The molecule has 2 unspecified atom stereocenters. The van der Waals surface area contributed by atoms with Gasteiger partial charge in [0, 0.05) is 0 Å². The van der Waals surface area contributed by atoms with E-state index in [2.05, 4.69) is 62.3 Å². The summed E-state index contributed by atoms with van der Waals surface area (Å²) >= 11 is 0. The zero-order valence-corrected chi connectivity index (χ0v) is 23.8. The van der Waals surface area contributed by atoms with Gasteiger partial charge in [0.2, 0.25) is 0 Å². The molecule has 2 atom stereocenters. The van der Waals surface area contributed by atoms with Crippen molar-refractivity contribution in [3.63, 3.8) is 0 Å². The highest BCUT2D eigenvalue weighted by atomic mass is 14.5. The van der Waals surface area contributed by atoms with E-state index in [0.29, 0.717) is 10.8 Å². The summed E-state index contributed by atoms with van der Waals surface area (Å²) in [5.41, 5.74) is 0.951. The zero-order valence-electron chi connectivity index (χ0n) is 23.8. The number of unbranched alkanes of at least 4 members (excludes halogenated alkanes) is 8. The fourth-order valence-electron chi connectivity index (χ4n) is 6.42. The lowest BCUT2D eigenvalue weighted by atomic mass is 9.53. The molecule has 0 aromatic carbocycles. The Bertz CT molecular complexity index is 391. The SMILES string of the molecule is CCCCCCCCC(CCCCCC(C)C)(C(C)C)C(C)(C)CC(CC)CCCC. The zero-order chi connectivity index (χ0) is 23.8. The van der Waals surface area contributed by atoms with Gasteiger partial charge in [-0.3, -0.25) is 0 Å². The van der Waals surface area contributed by atoms with Crippen LogP contribution in [0.5, 0.6) is 0 Å². The van der Waals surface area contributed by atoms with Crippen molar-refractivity contribution in [3.8, 4) is 0 Å². The Hall–Kier alpha value is 0. The Labute approximate surface area is 200 Å². The second-order valence-electron chi connectivity index (χ2n) is 12.3. The largest absolute Gasteiger partial charge is 0.0654 e. The van der Waals surface area contributed by atoms with Crippen LogP contribution in [0.1, 0.15) is 171 Å². The van der Waals surface area contributed by atoms with E-state index in [-0.39, 0.29) is 0 Å². The molecule has 0 heterocycles. The quantitative estimate of drug-likeness (QED) is 0.157. The van der Waals surface area contributed by atoms with E-state index in [1.807, 2.05) is 0 Å². The van der Waals surface area contributed by atoms with Gasteiger partial charge in [0.25, 0.3) is 0 Å². The lowest BCUT2D eigenvalue weighted by Crippen LogP contribution is -2.43. The van der Waals surface area contributed by atoms with Gasteiger partial charge in [-0.15, -0.1) is 0 Å². The molecule has 188 valence electrons. The lowest BCUT2D eigenvalue weighted by molar-refractivity contribution is -0.0261. The second-order valence-corrected chi connectivity index (χ2v) is 12.3. The van der Waals surface area contributed by atoms with E-state index in [4.69, 9.17) is 0 Å². The van der Waals surface area contributed by atoms with Gasteiger partial charge in [0.15, 0.2) is 0 Å². The molecule has 0 aliphatic carbocycles. The first-order valence-electron chi connectivity index (χ1n) is 14.7. The average molecular weight is 437 g/mol. The molecule has 31 heavy (non-hydrogen) atoms. The van der Waals surface area contributed by atoms with E-state index in [1.54, 1.807) is 0 Å². The van der Waals surface area contributed by atoms with E-state index < -0.39 is 0 Å². The van der Waals surface area contributed by atoms with Crippen molar-refractivity contribution in [2.75, 3.05) is 0 Å². The van der Waals surface area contributed by atoms with Crippen LogP contribution in [0.3, 0.4) is 0 Å². The van der Waals surface area contributed by atoms with Crippen molar-refractivity contribution in [2.24, 2.45) is 28.6 Å². The Morgan fingerprint density at radius 1 is 0.581 bits per heavy atom. The maximum Gasteiger partial charge on any atom is -0.0223 e. The summed E-state index contributed by atoms with van der Waals surface area (Å²) in [6.07, 6.45) is 24.2. The number of hydrogen-bond donors (Lipinski definition) is 0. The van der Waals surface area contributed by atoms with Crippen molar-refractivity contribution < 1.29 is 0 Å². The Kier molecular flexibility index (Phi) is 17.5. The van der Waals surface area contributed by atoms with Crippen LogP contribution in [-0.4, -0.2) is 0 Å². The molecule has 0 amide bonds. The third-order valence-corrected chi connectivity index (χ3v) is 8.68. The van der Waals surface area contributed by atoms with Crippen molar-refractivity contribution in [3.05, 3.63) is 0 Å². The minimum Gasteiger partial charge on any atom is -0.0654 e. The van der Waals surface area contributed by atoms with Crippen molar-refractivity contribution >= 4 is 0 Å². The van der Waals surface area contributed by atoms with Gasteiger partial charge in [0.1, 0.15) is 0 Å². The smallest absolute Gasteiger partial charge is 0.0223 e. The van der Waals surface area contributed by atoms with Gasteiger partial charge < -0.3 is 0 Å². The van der Waals surface area contributed by atoms with Crippen molar-refractivity contribution in [2.45, 2.75) is 171 Å². The van der Waals surface area contributed by atoms with Crippen LogP contribution in [0.25, 0.3) is 0 Å². The standard InChI is InChI=1S/C31H64/c1-10-13-15-16-17-20-24-31(28(6)7,25-21-18-19-22-27(4)5)30(8,9)26-29(12-3)23-14-11-2/h27-29H,10-26H2,1-9H3. The lowest BCUT2D eigenvalue weighted by Gasteiger charge is -2.52. The third-order valence-electron chi connectivity index (χ3n) is 8.68. The van der Waals surface area contributed by atoms with Gasteiger partial charge in [-0.25, -0.2) is 0 Å². The van der Waals surface area contributed by atoms with Crippen LogP contribution in [0.2, 0.25) is 0 Å². The molecule has 0 spiro atoms.